The second kappa shape index (κ2) is 6.06. The summed E-state index contributed by atoms with van der Waals surface area (Å²) in [5.74, 6) is 0. The molecule has 0 aromatic carbocycles. The monoisotopic (exact) mass is 336 g/mol. The second-order valence-corrected chi connectivity index (χ2v) is 5.61. The van der Waals surface area contributed by atoms with Gasteiger partial charge in [-0.25, -0.2) is 9.59 Å². The third kappa shape index (κ3) is 2.76. The van der Waals surface area contributed by atoms with Crippen molar-refractivity contribution in [3.05, 3.63) is 65.7 Å². The number of aliphatic hydroxyl groups is 1. The topological polar surface area (TPSA) is 139 Å². The maximum atomic E-state index is 12.0. The molecule has 3 atom stereocenters. The SMILES string of the molecule is Cc1cn([C@H]2C[C@H](n3ccc(=O)[nH]c3=O)[C@@H](CO)O2)c(=O)[nH]c1=O. The van der Waals surface area contributed by atoms with E-state index in [0.29, 0.717) is 5.56 Å². The van der Waals surface area contributed by atoms with E-state index in [9.17, 15) is 24.3 Å². The predicted octanol–water partition coefficient (Wildman–Crippen LogP) is -1.78. The standard InChI is InChI=1S/C14H16N4O6/c1-7-5-18(14(23)16-12(7)21)11-4-8(9(6-19)24-11)17-3-2-10(20)15-13(17)22/h2-3,5,8-9,11,19H,4,6H2,1H3,(H,15,20,22)(H,16,21,23)/t8-,9+,11+/m0/s1. The van der Waals surface area contributed by atoms with E-state index >= 15 is 0 Å². The molecular weight excluding hydrogens is 320 g/mol. The van der Waals surface area contributed by atoms with Gasteiger partial charge in [0.1, 0.15) is 12.3 Å². The third-order valence-corrected chi connectivity index (χ3v) is 4.05. The van der Waals surface area contributed by atoms with Crippen molar-refractivity contribution in [1.82, 2.24) is 19.1 Å². The van der Waals surface area contributed by atoms with E-state index in [1.165, 1.54) is 27.6 Å². The van der Waals surface area contributed by atoms with E-state index in [1.54, 1.807) is 6.92 Å². The van der Waals surface area contributed by atoms with E-state index < -0.39 is 40.9 Å². The highest BCUT2D eigenvalue weighted by atomic mass is 16.5. The highest BCUT2D eigenvalue weighted by molar-refractivity contribution is 5.02. The lowest BCUT2D eigenvalue weighted by Crippen LogP contribution is -2.35. The number of aromatic nitrogens is 4. The van der Waals surface area contributed by atoms with Crippen molar-refractivity contribution in [2.75, 3.05) is 6.61 Å². The number of aryl methyl sites for hydroxylation is 1. The van der Waals surface area contributed by atoms with Gasteiger partial charge in [-0.1, -0.05) is 0 Å². The van der Waals surface area contributed by atoms with Gasteiger partial charge in [0.05, 0.1) is 12.6 Å². The molecule has 0 unspecified atom stereocenters. The number of hydrogen-bond donors (Lipinski definition) is 3. The Morgan fingerprint density at radius 2 is 1.92 bits per heavy atom. The highest BCUT2D eigenvalue weighted by Crippen LogP contribution is 2.34. The van der Waals surface area contributed by atoms with Crippen LogP contribution in [-0.2, 0) is 4.74 Å². The van der Waals surface area contributed by atoms with Crippen LogP contribution in [0.1, 0.15) is 24.3 Å². The molecule has 2 aromatic heterocycles. The largest absolute Gasteiger partial charge is 0.394 e. The summed E-state index contributed by atoms with van der Waals surface area (Å²) < 4.78 is 8.14. The Balaban J connectivity index is 2.00. The number of H-pyrrole nitrogens is 2. The van der Waals surface area contributed by atoms with Crippen LogP contribution < -0.4 is 22.5 Å². The molecule has 24 heavy (non-hydrogen) atoms. The first-order chi connectivity index (χ1) is 11.4. The molecule has 1 fully saturated rings. The van der Waals surface area contributed by atoms with E-state index in [4.69, 9.17) is 4.74 Å². The molecule has 10 heteroatoms. The van der Waals surface area contributed by atoms with Crippen LogP contribution in [0, 0.1) is 6.92 Å². The van der Waals surface area contributed by atoms with Crippen molar-refractivity contribution >= 4 is 0 Å². The summed E-state index contributed by atoms with van der Waals surface area (Å²) in [5, 5.41) is 9.52. The summed E-state index contributed by atoms with van der Waals surface area (Å²) in [4.78, 5) is 50.9. The number of hydrogen-bond acceptors (Lipinski definition) is 6. The van der Waals surface area contributed by atoms with Crippen LogP contribution in [0.2, 0.25) is 0 Å². The number of aromatic amines is 2. The first kappa shape index (κ1) is 16.1. The lowest BCUT2D eigenvalue weighted by Gasteiger charge is -2.17. The zero-order valence-corrected chi connectivity index (χ0v) is 12.8. The molecule has 0 spiro atoms. The fraction of sp³-hybridized carbons (Fsp3) is 0.429. The lowest BCUT2D eigenvalue weighted by atomic mass is 10.1. The predicted molar refractivity (Wildman–Crippen MR) is 82.0 cm³/mol. The first-order valence-electron chi connectivity index (χ1n) is 7.30. The van der Waals surface area contributed by atoms with Gasteiger partial charge in [-0.05, 0) is 6.92 Å². The summed E-state index contributed by atoms with van der Waals surface area (Å²) in [6.07, 6.45) is 1.41. The molecular formula is C14H16N4O6. The molecule has 3 N–H and O–H groups in total. The van der Waals surface area contributed by atoms with Crippen LogP contribution in [0.25, 0.3) is 0 Å². The Morgan fingerprint density at radius 1 is 1.21 bits per heavy atom. The number of ether oxygens (including phenoxy) is 1. The molecule has 0 aliphatic carbocycles. The van der Waals surface area contributed by atoms with Gasteiger partial charge >= 0.3 is 11.4 Å². The molecule has 0 amide bonds. The molecule has 0 saturated carbocycles. The van der Waals surface area contributed by atoms with Crippen molar-refractivity contribution < 1.29 is 9.84 Å². The fourth-order valence-electron chi connectivity index (χ4n) is 2.83. The van der Waals surface area contributed by atoms with Crippen LogP contribution in [-0.4, -0.2) is 36.9 Å². The first-order valence-corrected chi connectivity index (χ1v) is 7.30. The van der Waals surface area contributed by atoms with Gasteiger partial charge in [-0.3, -0.25) is 28.7 Å². The van der Waals surface area contributed by atoms with E-state index in [-0.39, 0.29) is 13.0 Å². The molecule has 1 aliphatic rings. The lowest BCUT2D eigenvalue weighted by molar-refractivity contribution is -0.0318. The van der Waals surface area contributed by atoms with Crippen LogP contribution in [0.5, 0.6) is 0 Å². The third-order valence-electron chi connectivity index (χ3n) is 4.05. The molecule has 1 saturated heterocycles. The fourth-order valence-corrected chi connectivity index (χ4v) is 2.83. The average molecular weight is 336 g/mol. The number of rotatable bonds is 3. The Kier molecular flexibility index (Phi) is 4.08. The Morgan fingerprint density at radius 3 is 2.58 bits per heavy atom. The van der Waals surface area contributed by atoms with Crippen molar-refractivity contribution in [3.8, 4) is 0 Å². The van der Waals surface area contributed by atoms with Crippen molar-refractivity contribution in [2.24, 2.45) is 0 Å². The maximum absolute atomic E-state index is 12.0. The van der Waals surface area contributed by atoms with Crippen LogP contribution in [0.3, 0.4) is 0 Å². The number of aliphatic hydroxyl groups excluding tert-OH is 1. The van der Waals surface area contributed by atoms with Gasteiger partial charge in [0, 0.05) is 30.4 Å². The number of nitrogens with one attached hydrogen (secondary N) is 2. The molecule has 0 bridgehead atoms. The van der Waals surface area contributed by atoms with E-state index in [1.807, 2.05) is 0 Å². The second-order valence-electron chi connectivity index (χ2n) is 5.61. The minimum absolute atomic E-state index is 0.211. The van der Waals surface area contributed by atoms with Crippen molar-refractivity contribution in [1.29, 1.82) is 0 Å². The molecule has 3 heterocycles. The van der Waals surface area contributed by atoms with Gasteiger partial charge < -0.3 is 9.84 Å². The molecule has 3 rings (SSSR count). The van der Waals surface area contributed by atoms with Gasteiger partial charge in [0.2, 0.25) is 0 Å². The summed E-state index contributed by atoms with van der Waals surface area (Å²) in [7, 11) is 0. The Bertz CT molecular complexity index is 984. The van der Waals surface area contributed by atoms with Crippen molar-refractivity contribution in [2.45, 2.75) is 31.7 Å². The number of nitrogens with zero attached hydrogens (tertiary/aromatic N) is 2. The quantitative estimate of drug-likeness (QED) is 0.605. The van der Waals surface area contributed by atoms with Gasteiger partial charge in [-0.2, -0.15) is 0 Å². The van der Waals surface area contributed by atoms with Crippen molar-refractivity contribution in [3.63, 3.8) is 0 Å². The van der Waals surface area contributed by atoms with Crippen LogP contribution >= 0.6 is 0 Å². The van der Waals surface area contributed by atoms with Gasteiger partial charge in [0.15, 0.2) is 0 Å². The minimum Gasteiger partial charge on any atom is -0.394 e. The summed E-state index contributed by atoms with van der Waals surface area (Å²) >= 11 is 0. The molecule has 0 radical (unpaired) electrons. The minimum atomic E-state index is -0.756. The molecule has 1 aliphatic heterocycles. The normalized spacial score (nSPS) is 23.5. The summed E-state index contributed by atoms with van der Waals surface area (Å²) in [5.41, 5.74) is -1.94. The molecule has 2 aromatic rings. The van der Waals surface area contributed by atoms with Gasteiger partial charge in [0.25, 0.3) is 11.1 Å². The van der Waals surface area contributed by atoms with Gasteiger partial charge in [-0.15, -0.1) is 0 Å². The van der Waals surface area contributed by atoms with Crippen LogP contribution in [0.4, 0.5) is 0 Å². The van der Waals surface area contributed by atoms with Crippen LogP contribution in [0.15, 0.2) is 37.6 Å². The zero-order chi connectivity index (χ0) is 17.4. The molecule has 10 nitrogen and oxygen atoms in total. The maximum Gasteiger partial charge on any atom is 0.330 e. The highest BCUT2D eigenvalue weighted by Gasteiger charge is 2.38. The smallest absolute Gasteiger partial charge is 0.330 e. The Labute approximate surface area is 134 Å². The average Bonchev–Trinajstić information content (AvgIpc) is 2.94. The Hall–Kier alpha value is -2.72. The summed E-state index contributed by atoms with van der Waals surface area (Å²) in [6, 6.07) is 0.628. The molecule has 128 valence electrons. The summed E-state index contributed by atoms with van der Waals surface area (Å²) in [6.45, 7) is 1.18. The van der Waals surface area contributed by atoms with E-state index in [2.05, 4.69) is 9.97 Å². The zero-order valence-electron chi connectivity index (χ0n) is 12.8. The van der Waals surface area contributed by atoms with E-state index in [0.717, 1.165) is 0 Å².